The fraction of sp³-hybridized carbons (Fsp3) is 0.0714. The Labute approximate surface area is 135 Å². The Morgan fingerprint density at radius 1 is 1.16 bits per heavy atom. The van der Waals surface area contributed by atoms with Crippen LogP contribution in [0, 0.1) is 0 Å². The van der Waals surface area contributed by atoms with Crippen LogP contribution >= 0.6 is 0 Å². The number of aromatic amines is 1. The molecule has 126 valence electrons. The molecular formula is C14H8F3N6O2+. The Morgan fingerprint density at radius 3 is 2.64 bits per heavy atom. The van der Waals surface area contributed by atoms with Crippen molar-refractivity contribution in [1.29, 1.82) is 0 Å². The summed E-state index contributed by atoms with van der Waals surface area (Å²) in [6.45, 7) is 0. The van der Waals surface area contributed by atoms with Crippen molar-refractivity contribution in [3.63, 3.8) is 0 Å². The third-order valence-corrected chi connectivity index (χ3v) is 3.57. The second kappa shape index (κ2) is 5.00. The maximum atomic E-state index is 12.8. The Hall–Kier alpha value is -3.50. The molecule has 0 fully saturated rings. The number of phenols is 1. The van der Waals surface area contributed by atoms with Gasteiger partial charge in [-0.2, -0.15) is 13.2 Å². The fourth-order valence-corrected chi connectivity index (χ4v) is 2.43. The topological polar surface area (TPSA) is 101 Å². The van der Waals surface area contributed by atoms with Crippen molar-refractivity contribution in [1.82, 2.24) is 24.8 Å². The van der Waals surface area contributed by atoms with Crippen LogP contribution in [0.15, 0.2) is 41.3 Å². The lowest BCUT2D eigenvalue weighted by molar-refractivity contribution is -0.554. The molecule has 0 amide bonds. The normalized spacial score (nSPS) is 12.1. The minimum absolute atomic E-state index is 0.0738. The van der Waals surface area contributed by atoms with Gasteiger partial charge in [-0.3, -0.25) is 9.36 Å². The first-order valence-corrected chi connectivity index (χ1v) is 6.91. The number of nitrogens with zero attached hydrogens (tertiary/aromatic N) is 5. The lowest BCUT2D eigenvalue weighted by Crippen LogP contribution is -2.31. The predicted octanol–water partition coefficient (Wildman–Crippen LogP) is 0.967. The van der Waals surface area contributed by atoms with Crippen molar-refractivity contribution < 1.29 is 22.8 Å². The molecule has 4 aromatic rings. The standard InChI is InChI=1S/C14H7F3N6O2/c15-14(16,17)12-18-13-20-19-10-8(23(13)21-12)5-6-22(11(10)25)7-3-1-2-4-9(7)24/h1-6,24H/p+1. The highest BCUT2D eigenvalue weighted by molar-refractivity contribution is 5.70. The summed E-state index contributed by atoms with van der Waals surface area (Å²) in [5.74, 6) is -1.70. The summed E-state index contributed by atoms with van der Waals surface area (Å²) in [7, 11) is 0. The highest BCUT2D eigenvalue weighted by Crippen LogP contribution is 2.25. The van der Waals surface area contributed by atoms with E-state index in [9.17, 15) is 23.1 Å². The zero-order valence-electron chi connectivity index (χ0n) is 12.2. The molecule has 11 heteroatoms. The molecule has 3 heterocycles. The Balaban J connectivity index is 2.01. The van der Waals surface area contributed by atoms with Gasteiger partial charge in [0.1, 0.15) is 5.75 Å². The SMILES string of the molecule is O=c1c2nnc3nc(C(F)(F)F)[nH][n+]3c2ccn1-c1ccccc1O. The average Bonchev–Trinajstić information content (AvgIpc) is 3.01. The monoisotopic (exact) mass is 349 g/mol. The highest BCUT2D eigenvalue weighted by atomic mass is 19.4. The van der Waals surface area contributed by atoms with Crippen molar-refractivity contribution in [3.05, 3.63) is 52.7 Å². The maximum Gasteiger partial charge on any atom is 0.480 e. The summed E-state index contributed by atoms with van der Waals surface area (Å²) >= 11 is 0. The van der Waals surface area contributed by atoms with E-state index < -0.39 is 17.6 Å². The molecule has 25 heavy (non-hydrogen) atoms. The number of pyridine rings is 1. The molecule has 0 aliphatic heterocycles. The van der Waals surface area contributed by atoms with Gasteiger partial charge in [0.25, 0.3) is 5.56 Å². The molecule has 0 saturated carbocycles. The van der Waals surface area contributed by atoms with Crippen LogP contribution in [0.3, 0.4) is 0 Å². The predicted molar refractivity (Wildman–Crippen MR) is 77.1 cm³/mol. The lowest BCUT2D eigenvalue weighted by Gasteiger charge is -2.07. The fourth-order valence-electron chi connectivity index (χ4n) is 2.43. The molecule has 0 unspecified atom stereocenters. The Bertz CT molecular complexity index is 1180. The number of rotatable bonds is 1. The molecule has 2 N–H and O–H groups in total. The number of aromatic nitrogens is 6. The van der Waals surface area contributed by atoms with Gasteiger partial charge in [0.15, 0.2) is 5.52 Å². The second-order valence-corrected chi connectivity index (χ2v) is 5.12. The minimum atomic E-state index is -4.69. The Kier molecular flexibility index (Phi) is 3.01. The third-order valence-electron chi connectivity index (χ3n) is 3.57. The molecule has 0 atom stereocenters. The third kappa shape index (κ3) is 2.28. The molecule has 0 saturated heterocycles. The van der Waals surface area contributed by atoms with Crippen LogP contribution in [0.25, 0.3) is 22.5 Å². The molecule has 0 bridgehead atoms. The van der Waals surface area contributed by atoms with E-state index in [4.69, 9.17) is 0 Å². The molecule has 0 aliphatic carbocycles. The molecular weight excluding hydrogens is 341 g/mol. The maximum absolute atomic E-state index is 12.8. The molecule has 0 spiro atoms. The second-order valence-electron chi connectivity index (χ2n) is 5.12. The number of alkyl halides is 3. The summed E-state index contributed by atoms with van der Waals surface area (Å²) < 4.78 is 40.4. The van der Waals surface area contributed by atoms with Crippen molar-refractivity contribution >= 4 is 16.8 Å². The quantitative estimate of drug-likeness (QED) is 0.499. The number of nitrogens with one attached hydrogen (secondary N) is 1. The van der Waals surface area contributed by atoms with E-state index in [0.717, 1.165) is 9.08 Å². The number of para-hydroxylation sites is 2. The summed E-state index contributed by atoms with van der Waals surface area (Å²) in [5.41, 5.74) is -0.545. The highest BCUT2D eigenvalue weighted by Gasteiger charge is 2.40. The van der Waals surface area contributed by atoms with E-state index >= 15 is 0 Å². The average molecular weight is 349 g/mol. The van der Waals surface area contributed by atoms with E-state index in [2.05, 4.69) is 20.3 Å². The lowest BCUT2D eigenvalue weighted by atomic mass is 10.2. The summed E-state index contributed by atoms with van der Waals surface area (Å²) in [6.07, 6.45) is -3.37. The van der Waals surface area contributed by atoms with Crippen LogP contribution in [-0.4, -0.2) is 30.0 Å². The molecule has 8 nitrogen and oxygen atoms in total. The van der Waals surface area contributed by atoms with Crippen LogP contribution < -0.4 is 10.1 Å². The van der Waals surface area contributed by atoms with E-state index in [1.165, 1.54) is 24.4 Å². The number of hydrogen-bond acceptors (Lipinski definition) is 5. The molecule has 3 aromatic heterocycles. The van der Waals surface area contributed by atoms with Gasteiger partial charge in [0.05, 0.1) is 10.8 Å². The van der Waals surface area contributed by atoms with Crippen molar-refractivity contribution in [2.75, 3.05) is 0 Å². The number of phenolic OH excluding ortho intramolecular Hbond substituents is 1. The molecule has 1 aromatic carbocycles. The van der Waals surface area contributed by atoms with Gasteiger partial charge in [-0.1, -0.05) is 17.2 Å². The summed E-state index contributed by atoms with van der Waals surface area (Å²) in [6, 6.07) is 7.51. The first kappa shape index (κ1) is 15.1. The Morgan fingerprint density at radius 2 is 1.92 bits per heavy atom. The number of hydrogen-bond donors (Lipinski definition) is 2. The molecule has 0 radical (unpaired) electrons. The van der Waals surface area contributed by atoms with Crippen molar-refractivity contribution in [2.45, 2.75) is 6.18 Å². The van der Waals surface area contributed by atoms with Crippen LogP contribution in [0.4, 0.5) is 13.2 Å². The first-order valence-electron chi connectivity index (χ1n) is 6.91. The van der Waals surface area contributed by atoms with Gasteiger partial charge in [-0.25, -0.2) is 5.10 Å². The van der Waals surface area contributed by atoms with Gasteiger partial charge >= 0.3 is 17.8 Å². The van der Waals surface area contributed by atoms with E-state index in [-0.39, 0.29) is 28.2 Å². The van der Waals surface area contributed by atoms with E-state index in [0.29, 0.717) is 0 Å². The minimum Gasteiger partial charge on any atom is -0.506 e. The van der Waals surface area contributed by atoms with Gasteiger partial charge in [0.2, 0.25) is 5.52 Å². The van der Waals surface area contributed by atoms with Gasteiger partial charge in [-0.05, 0) is 23.2 Å². The zero-order chi connectivity index (χ0) is 17.8. The number of halogens is 3. The van der Waals surface area contributed by atoms with Crippen LogP contribution in [-0.2, 0) is 6.18 Å². The largest absolute Gasteiger partial charge is 0.506 e. The number of benzene rings is 1. The molecule has 4 rings (SSSR count). The van der Waals surface area contributed by atoms with Crippen molar-refractivity contribution in [3.8, 4) is 11.4 Å². The first-order chi connectivity index (χ1) is 11.9. The van der Waals surface area contributed by atoms with Crippen LogP contribution in [0.5, 0.6) is 5.75 Å². The van der Waals surface area contributed by atoms with Crippen LogP contribution in [0.1, 0.15) is 5.82 Å². The van der Waals surface area contributed by atoms with Gasteiger partial charge < -0.3 is 5.11 Å². The smallest absolute Gasteiger partial charge is 0.480 e. The van der Waals surface area contributed by atoms with E-state index in [1.807, 2.05) is 0 Å². The van der Waals surface area contributed by atoms with Gasteiger partial charge in [0, 0.05) is 6.20 Å². The van der Waals surface area contributed by atoms with Crippen molar-refractivity contribution in [2.24, 2.45) is 0 Å². The van der Waals surface area contributed by atoms with Crippen LogP contribution in [0.2, 0.25) is 0 Å². The molecule has 0 aliphatic rings. The van der Waals surface area contributed by atoms with Gasteiger partial charge in [-0.15, -0.1) is 4.52 Å². The number of aromatic hydroxyl groups is 1. The van der Waals surface area contributed by atoms with E-state index in [1.54, 1.807) is 12.1 Å². The zero-order valence-corrected chi connectivity index (χ0v) is 12.2. The summed E-state index contributed by atoms with van der Waals surface area (Å²) in [5, 5.41) is 19.2. The number of H-pyrrole nitrogens is 1. The summed E-state index contributed by atoms with van der Waals surface area (Å²) in [4.78, 5) is 15.9. The number of fused-ring (bicyclic) bond motifs is 3.